The molecule has 1 aromatic heterocycles. The summed E-state index contributed by atoms with van der Waals surface area (Å²) in [5, 5.41) is 2.97. The summed E-state index contributed by atoms with van der Waals surface area (Å²) < 4.78 is 5.42. The molecule has 7 nitrogen and oxygen atoms in total. The van der Waals surface area contributed by atoms with Crippen molar-refractivity contribution in [3.8, 4) is 0 Å². The quantitative estimate of drug-likeness (QED) is 0.722. The van der Waals surface area contributed by atoms with E-state index in [1.807, 2.05) is 66.5 Å². The second-order valence-corrected chi connectivity index (χ2v) is 6.73. The summed E-state index contributed by atoms with van der Waals surface area (Å²) >= 11 is 0. The number of carbonyl (C=O) groups excluding carboxylic acids is 1. The first kappa shape index (κ1) is 18.9. The number of carbonyl (C=O) groups is 1. The van der Waals surface area contributed by atoms with Gasteiger partial charge in [0.1, 0.15) is 5.69 Å². The van der Waals surface area contributed by atoms with Crippen molar-refractivity contribution in [3.05, 3.63) is 72.7 Å². The monoisotopic (exact) mass is 389 g/mol. The summed E-state index contributed by atoms with van der Waals surface area (Å²) in [6, 6.07) is 17.6. The summed E-state index contributed by atoms with van der Waals surface area (Å²) in [5.74, 6) is 0.383. The van der Waals surface area contributed by atoms with E-state index < -0.39 is 0 Å². The van der Waals surface area contributed by atoms with E-state index in [4.69, 9.17) is 4.74 Å². The number of amides is 1. The lowest BCUT2D eigenvalue weighted by Gasteiger charge is -2.30. The molecule has 4 rings (SSSR count). The molecule has 0 atom stereocenters. The number of para-hydroxylation sites is 3. The van der Waals surface area contributed by atoms with E-state index in [1.165, 1.54) is 6.20 Å². The predicted molar refractivity (Wildman–Crippen MR) is 114 cm³/mol. The summed E-state index contributed by atoms with van der Waals surface area (Å²) in [4.78, 5) is 25.6. The van der Waals surface area contributed by atoms with Crippen LogP contribution < -0.4 is 15.1 Å². The molecule has 1 aliphatic heterocycles. The first-order valence-corrected chi connectivity index (χ1v) is 9.56. The molecular formula is C22H23N5O2. The molecule has 29 heavy (non-hydrogen) atoms. The third-order valence-corrected chi connectivity index (χ3v) is 4.86. The Labute approximate surface area is 170 Å². The Morgan fingerprint density at radius 1 is 1.00 bits per heavy atom. The molecule has 1 aliphatic rings. The van der Waals surface area contributed by atoms with Gasteiger partial charge in [0, 0.05) is 25.8 Å². The van der Waals surface area contributed by atoms with Crippen LogP contribution in [0.15, 0.2) is 67.0 Å². The lowest BCUT2D eigenvalue weighted by Crippen LogP contribution is -2.36. The molecule has 2 aromatic carbocycles. The van der Waals surface area contributed by atoms with Crippen molar-refractivity contribution in [1.29, 1.82) is 0 Å². The number of hydrogen-bond acceptors (Lipinski definition) is 6. The van der Waals surface area contributed by atoms with Crippen LogP contribution in [0.3, 0.4) is 0 Å². The third-order valence-electron chi connectivity index (χ3n) is 4.86. The second-order valence-electron chi connectivity index (χ2n) is 6.73. The van der Waals surface area contributed by atoms with Crippen LogP contribution in [0.1, 0.15) is 10.5 Å². The molecule has 148 valence electrons. The number of morpholine rings is 1. The minimum absolute atomic E-state index is 0.270. The molecule has 0 aliphatic carbocycles. The van der Waals surface area contributed by atoms with Crippen molar-refractivity contribution in [1.82, 2.24) is 9.97 Å². The summed E-state index contributed by atoms with van der Waals surface area (Å²) in [7, 11) is 1.91. The van der Waals surface area contributed by atoms with Gasteiger partial charge >= 0.3 is 0 Å². The predicted octanol–water partition coefficient (Wildman–Crippen LogP) is 3.33. The average Bonchev–Trinajstić information content (AvgIpc) is 2.80. The van der Waals surface area contributed by atoms with Gasteiger partial charge in [0.15, 0.2) is 5.82 Å². The van der Waals surface area contributed by atoms with Crippen LogP contribution >= 0.6 is 0 Å². The van der Waals surface area contributed by atoms with Crippen LogP contribution in [-0.4, -0.2) is 49.2 Å². The molecule has 1 amide bonds. The van der Waals surface area contributed by atoms with Gasteiger partial charge in [0.05, 0.1) is 37.0 Å². The maximum Gasteiger partial charge on any atom is 0.275 e. The number of nitrogens with one attached hydrogen (secondary N) is 1. The fraction of sp³-hybridized carbons (Fsp3) is 0.227. The van der Waals surface area contributed by atoms with E-state index in [2.05, 4.69) is 20.2 Å². The van der Waals surface area contributed by atoms with E-state index in [-0.39, 0.29) is 11.6 Å². The van der Waals surface area contributed by atoms with Crippen molar-refractivity contribution >= 4 is 28.8 Å². The van der Waals surface area contributed by atoms with E-state index in [0.29, 0.717) is 19.0 Å². The first-order valence-electron chi connectivity index (χ1n) is 9.56. The number of nitrogens with zero attached hydrogens (tertiary/aromatic N) is 4. The van der Waals surface area contributed by atoms with Crippen molar-refractivity contribution in [2.24, 2.45) is 0 Å². The summed E-state index contributed by atoms with van der Waals surface area (Å²) in [6.45, 7) is 2.97. The van der Waals surface area contributed by atoms with Gasteiger partial charge in [-0.05, 0) is 24.3 Å². The molecule has 2 heterocycles. The zero-order valence-electron chi connectivity index (χ0n) is 16.3. The fourth-order valence-corrected chi connectivity index (χ4v) is 3.24. The van der Waals surface area contributed by atoms with Crippen LogP contribution in [0.5, 0.6) is 0 Å². The van der Waals surface area contributed by atoms with E-state index in [9.17, 15) is 4.79 Å². The third kappa shape index (κ3) is 4.35. The number of anilines is 4. The van der Waals surface area contributed by atoms with Crippen LogP contribution in [0.25, 0.3) is 0 Å². The molecule has 1 saturated heterocycles. The van der Waals surface area contributed by atoms with Gasteiger partial charge in [0.25, 0.3) is 5.91 Å². The van der Waals surface area contributed by atoms with Crippen molar-refractivity contribution < 1.29 is 9.53 Å². The zero-order valence-corrected chi connectivity index (χ0v) is 16.3. The highest BCUT2D eigenvalue weighted by atomic mass is 16.5. The van der Waals surface area contributed by atoms with E-state index in [1.54, 1.807) is 6.20 Å². The Morgan fingerprint density at radius 2 is 1.72 bits per heavy atom. The molecule has 0 unspecified atom stereocenters. The fourth-order valence-electron chi connectivity index (χ4n) is 3.24. The molecule has 1 N–H and O–H groups in total. The van der Waals surface area contributed by atoms with Gasteiger partial charge in [-0.1, -0.05) is 30.3 Å². The van der Waals surface area contributed by atoms with Gasteiger partial charge < -0.3 is 19.9 Å². The Morgan fingerprint density at radius 3 is 2.45 bits per heavy atom. The number of ether oxygens (including phenoxy) is 1. The number of hydrogen-bond donors (Lipinski definition) is 1. The smallest absolute Gasteiger partial charge is 0.275 e. The lowest BCUT2D eigenvalue weighted by molar-refractivity contribution is 0.102. The molecule has 1 fully saturated rings. The Hall–Kier alpha value is -3.45. The van der Waals surface area contributed by atoms with E-state index >= 15 is 0 Å². The normalized spacial score (nSPS) is 13.8. The maximum absolute atomic E-state index is 12.7. The van der Waals surface area contributed by atoms with Gasteiger partial charge in [-0.2, -0.15) is 0 Å². The summed E-state index contributed by atoms with van der Waals surface area (Å²) in [5.41, 5.74) is 3.01. The van der Waals surface area contributed by atoms with Crippen LogP contribution in [-0.2, 0) is 4.74 Å². The standard InChI is InChI=1S/C22H23N5O2/c1-26(17-7-3-2-4-8-17)21-16-23-19(15-24-21)22(28)25-18-9-5-6-10-20(18)27-11-13-29-14-12-27/h2-10,15-16H,11-14H2,1H3,(H,25,28). The van der Waals surface area contributed by atoms with Crippen LogP contribution in [0.4, 0.5) is 22.9 Å². The molecule has 3 aromatic rings. The molecule has 0 radical (unpaired) electrons. The molecular weight excluding hydrogens is 366 g/mol. The zero-order chi connectivity index (χ0) is 20.1. The van der Waals surface area contributed by atoms with Crippen LogP contribution in [0, 0.1) is 0 Å². The number of rotatable bonds is 5. The van der Waals surface area contributed by atoms with Gasteiger partial charge in [-0.25, -0.2) is 9.97 Å². The van der Waals surface area contributed by atoms with Gasteiger partial charge in [0.2, 0.25) is 0 Å². The minimum Gasteiger partial charge on any atom is -0.378 e. The maximum atomic E-state index is 12.7. The molecule has 0 spiro atoms. The van der Waals surface area contributed by atoms with Crippen molar-refractivity contribution in [3.63, 3.8) is 0 Å². The SMILES string of the molecule is CN(c1ccccc1)c1cnc(C(=O)Nc2ccccc2N2CCOCC2)cn1. The Balaban J connectivity index is 1.48. The highest BCUT2D eigenvalue weighted by Crippen LogP contribution is 2.27. The highest BCUT2D eigenvalue weighted by molar-refractivity contribution is 6.04. The van der Waals surface area contributed by atoms with Gasteiger partial charge in [-0.15, -0.1) is 0 Å². The molecule has 7 heteroatoms. The lowest BCUT2D eigenvalue weighted by atomic mass is 10.2. The molecule has 0 saturated carbocycles. The number of benzene rings is 2. The Bertz CT molecular complexity index is 956. The highest BCUT2D eigenvalue weighted by Gasteiger charge is 2.17. The number of aromatic nitrogens is 2. The largest absolute Gasteiger partial charge is 0.378 e. The topological polar surface area (TPSA) is 70.6 Å². The van der Waals surface area contributed by atoms with E-state index in [0.717, 1.165) is 30.2 Å². The summed E-state index contributed by atoms with van der Waals surface area (Å²) in [6.07, 6.45) is 3.11. The van der Waals surface area contributed by atoms with Crippen molar-refractivity contribution in [2.75, 3.05) is 48.5 Å². The Kier molecular flexibility index (Phi) is 5.67. The molecule has 0 bridgehead atoms. The minimum atomic E-state index is -0.285. The van der Waals surface area contributed by atoms with Gasteiger partial charge in [-0.3, -0.25) is 4.79 Å². The average molecular weight is 389 g/mol. The van der Waals surface area contributed by atoms with Crippen molar-refractivity contribution in [2.45, 2.75) is 0 Å². The second kappa shape index (κ2) is 8.70. The first-order chi connectivity index (χ1) is 14.2. The van der Waals surface area contributed by atoms with Crippen LogP contribution in [0.2, 0.25) is 0 Å².